The minimum Gasteiger partial charge on any atom is -0.382 e. The number of rotatable bonds is 4. The van der Waals surface area contributed by atoms with Gasteiger partial charge < -0.3 is 10.2 Å². The molecule has 4 rings (SSSR count). The van der Waals surface area contributed by atoms with E-state index < -0.39 is 0 Å². The maximum absolute atomic E-state index is 3.93. The van der Waals surface area contributed by atoms with Gasteiger partial charge in [0.05, 0.1) is 0 Å². The van der Waals surface area contributed by atoms with Crippen molar-refractivity contribution in [1.82, 2.24) is 4.90 Å². The Morgan fingerprint density at radius 1 is 1.05 bits per heavy atom. The highest BCUT2D eigenvalue weighted by atomic mass is 15.1. The van der Waals surface area contributed by atoms with Gasteiger partial charge in [0.25, 0.3) is 0 Å². The predicted octanol–water partition coefficient (Wildman–Crippen LogP) is 3.98. The van der Waals surface area contributed by atoms with Crippen LogP contribution in [0.5, 0.6) is 0 Å². The molecule has 3 fully saturated rings. The molecule has 0 spiro atoms. The van der Waals surface area contributed by atoms with Gasteiger partial charge in [0.2, 0.25) is 0 Å². The van der Waals surface area contributed by atoms with E-state index in [-0.39, 0.29) is 0 Å². The van der Waals surface area contributed by atoms with Gasteiger partial charge in [-0.2, -0.15) is 0 Å². The standard InChI is InChI=1S/C19H28N2/c1-21(2)12-13-6-3-4-9-18(13)20-19-11-14-10-17(19)16-8-5-7-15(14)16/h3-4,6,9,14-17,19-20H,5,7-8,10-12H2,1-2H3. The molecule has 3 aliphatic rings. The summed E-state index contributed by atoms with van der Waals surface area (Å²) < 4.78 is 0. The topological polar surface area (TPSA) is 15.3 Å². The Morgan fingerprint density at radius 3 is 2.71 bits per heavy atom. The van der Waals surface area contributed by atoms with Gasteiger partial charge in [-0.05, 0) is 75.1 Å². The minimum atomic E-state index is 0.734. The number of anilines is 1. The molecule has 1 N–H and O–H groups in total. The lowest BCUT2D eigenvalue weighted by Crippen LogP contribution is -2.34. The van der Waals surface area contributed by atoms with Gasteiger partial charge in [-0.25, -0.2) is 0 Å². The maximum Gasteiger partial charge on any atom is 0.0388 e. The van der Waals surface area contributed by atoms with Crippen LogP contribution in [0.2, 0.25) is 0 Å². The first kappa shape index (κ1) is 13.6. The average molecular weight is 284 g/mol. The van der Waals surface area contributed by atoms with Crippen LogP contribution >= 0.6 is 0 Å². The largest absolute Gasteiger partial charge is 0.382 e. The normalized spacial score (nSPS) is 37.2. The van der Waals surface area contributed by atoms with Gasteiger partial charge >= 0.3 is 0 Å². The van der Waals surface area contributed by atoms with Crippen molar-refractivity contribution in [3.8, 4) is 0 Å². The average Bonchev–Trinajstić information content (AvgIpc) is 3.12. The summed E-state index contributed by atoms with van der Waals surface area (Å²) in [5.74, 6) is 4.11. The van der Waals surface area contributed by atoms with Crippen molar-refractivity contribution in [2.24, 2.45) is 23.7 Å². The second kappa shape index (κ2) is 5.31. The number of nitrogens with one attached hydrogen (secondary N) is 1. The van der Waals surface area contributed by atoms with E-state index in [0.29, 0.717) is 0 Å². The molecule has 5 atom stereocenters. The molecule has 1 aromatic rings. The summed E-state index contributed by atoms with van der Waals surface area (Å²) in [5.41, 5.74) is 2.81. The summed E-state index contributed by atoms with van der Waals surface area (Å²) in [6.07, 6.45) is 7.44. The third kappa shape index (κ3) is 2.38. The molecule has 0 radical (unpaired) electrons. The number of hydrogen-bond acceptors (Lipinski definition) is 2. The second-order valence-corrected chi connectivity index (χ2v) is 7.80. The highest BCUT2D eigenvalue weighted by molar-refractivity contribution is 5.52. The lowest BCUT2D eigenvalue weighted by molar-refractivity contribution is 0.243. The molecule has 2 bridgehead atoms. The number of fused-ring (bicyclic) bond motifs is 5. The van der Waals surface area contributed by atoms with Crippen LogP contribution < -0.4 is 5.32 Å². The summed E-state index contributed by atoms with van der Waals surface area (Å²) in [7, 11) is 4.30. The lowest BCUT2D eigenvalue weighted by atomic mass is 9.79. The zero-order valence-corrected chi connectivity index (χ0v) is 13.4. The molecular formula is C19H28N2. The van der Waals surface area contributed by atoms with Crippen molar-refractivity contribution < 1.29 is 0 Å². The van der Waals surface area contributed by atoms with Crippen LogP contribution in [0.4, 0.5) is 5.69 Å². The van der Waals surface area contributed by atoms with E-state index in [2.05, 4.69) is 48.6 Å². The number of nitrogens with zero attached hydrogens (tertiary/aromatic N) is 1. The molecule has 0 aliphatic heterocycles. The molecule has 1 aromatic carbocycles. The molecule has 5 unspecified atom stereocenters. The molecule has 0 saturated heterocycles. The molecule has 114 valence electrons. The van der Waals surface area contributed by atoms with E-state index >= 15 is 0 Å². The Bertz CT molecular complexity index is 510. The van der Waals surface area contributed by atoms with Crippen LogP contribution in [-0.2, 0) is 6.54 Å². The zero-order valence-electron chi connectivity index (χ0n) is 13.4. The third-order valence-electron chi connectivity index (χ3n) is 6.27. The fourth-order valence-corrected chi connectivity index (χ4v) is 5.57. The Labute approximate surface area is 128 Å². The van der Waals surface area contributed by atoms with Gasteiger partial charge in [-0.1, -0.05) is 24.6 Å². The van der Waals surface area contributed by atoms with Gasteiger partial charge in [-0.15, -0.1) is 0 Å². The van der Waals surface area contributed by atoms with Crippen molar-refractivity contribution in [3.05, 3.63) is 29.8 Å². The first-order chi connectivity index (χ1) is 10.2. The fourth-order valence-electron chi connectivity index (χ4n) is 5.57. The maximum atomic E-state index is 3.93. The number of hydrogen-bond donors (Lipinski definition) is 1. The highest BCUT2D eigenvalue weighted by Gasteiger charge is 2.53. The quantitative estimate of drug-likeness (QED) is 0.899. The predicted molar refractivity (Wildman–Crippen MR) is 88.3 cm³/mol. The van der Waals surface area contributed by atoms with Crippen LogP contribution in [0.3, 0.4) is 0 Å². The van der Waals surface area contributed by atoms with Gasteiger partial charge in [-0.3, -0.25) is 0 Å². The van der Waals surface area contributed by atoms with Crippen molar-refractivity contribution in [2.75, 3.05) is 19.4 Å². The van der Waals surface area contributed by atoms with E-state index in [1.54, 1.807) is 0 Å². The van der Waals surface area contributed by atoms with E-state index in [1.165, 1.54) is 43.4 Å². The van der Waals surface area contributed by atoms with E-state index in [4.69, 9.17) is 0 Å². The van der Waals surface area contributed by atoms with Crippen molar-refractivity contribution in [1.29, 1.82) is 0 Å². The molecule has 0 heterocycles. The molecule has 3 saturated carbocycles. The van der Waals surface area contributed by atoms with Crippen LogP contribution in [0.25, 0.3) is 0 Å². The minimum absolute atomic E-state index is 0.734. The highest BCUT2D eigenvalue weighted by Crippen LogP contribution is 2.59. The second-order valence-electron chi connectivity index (χ2n) is 7.80. The lowest BCUT2D eigenvalue weighted by Gasteiger charge is -2.33. The van der Waals surface area contributed by atoms with Gasteiger partial charge in [0.1, 0.15) is 0 Å². The molecule has 2 heteroatoms. The Morgan fingerprint density at radius 2 is 1.86 bits per heavy atom. The summed E-state index contributed by atoms with van der Waals surface area (Å²) in [4.78, 5) is 2.26. The smallest absolute Gasteiger partial charge is 0.0388 e. The Kier molecular flexibility index (Phi) is 3.45. The van der Waals surface area contributed by atoms with E-state index in [9.17, 15) is 0 Å². The monoisotopic (exact) mass is 284 g/mol. The first-order valence-corrected chi connectivity index (χ1v) is 8.71. The van der Waals surface area contributed by atoms with Gasteiger partial charge in [0.15, 0.2) is 0 Å². The van der Waals surface area contributed by atoms with Gasteiger partial charge in [0, 0.05) is 18.3 Å². The molecule has 3 aliphatic carbocycles. The Hall–Kier alpha value is -1.02. The SMILES string of the molecule is CN(C)Cc1ccccc1NC1CC2CC1C1CCCC21. The summed E-state index contributed by atoms with van der Waals surface area (Å²) in [6.45, 7) is 1.02. The Balaban J connectivity index is 1.50. The van der Waals surface area contributed by atoms with Crippen LogP contribution in [0.1, 0.15) is 37.7 Å². The third-order valence-corrected chi connectivity index (χ3v) is 6.27. The van der Waals surface area contributed by atoms with Crippen molar-refractivity contribution >= 4 is 5.69 Å². The first-order valence-electron chi connectivity index (χ1n) is 8.71. The van der Waals surface area contributed by atoms with Crippen LogP contribution in [0.15, 0.2) is 24.3 Å². The van der Waals surface area contributed by atoms with Crippen molar-refractivity contribution in [2.45, 2.75) is 44.7 Å². The summed E-state index contributed by atoms with van der Waals surface area (Å²) in [5, 5.41) is 3.93. The number of benzene rings is 1. The van der Waals surface area contributed by atoms with E-state index in [0.717, 1.165) is 36.3 Å². The molecule has 0 amide bonds. The van der Waals surface area contributed by atoms with Crippen LogP contribution in [0, 0.1) is 23.7 Å². The summed E-state index contributed by atoms with van der Waals surface area (Å²) >= 11 is 0. The molecule has 0 aromatic heterocycles. The molecular weight excluding hydrogens is 256 g/mol. The summed E-state index contributed by atoms with van der Waals surface area (Å²) in [6, 6.07) is 9.62. The zero-order chi connectivity index (χ0) is 14.4. The van der Waals surface area contributed by atoms with E-state index in [1.807, 2.05) is 0 Å². The number of para-hydroxylation sites is 1. The van der Waals surface area contributed by atoms with Crippen LogP contribution in [-0.4, -0.2) is 25.0 Å². The fraction of sp³-hybridized carbons (Fsp3) is 0.684. The molecule has 2 nitrogen and oxygen atoms in total. The molecule has 21 heavy (non-hydrogen) atoms. The van der Waals surface area contributed by atoms with Crippen molar-refractivity contribution in [3.63, 3.8) is 0 Å².